The highest BCUT2D eigenvalue weighted by atomic mass is 35.5. The van der Waals surface area contributed by atoms with Crippen molar-refractivity contribution in [3.05, 3.63) is 94.5 Å². The second-order valence-corrected chi connectivity index (χ2v) is 8.11. The summed E-state index contributed by atoms with van der Waals surface area (Å²) in [6.45, 7) is 8.63. The molecular weight excluding hydrogens is 480 g/mol. The maximum atomic E-state index is 12.6. The molecule has 0 unspecified atom stereocenters. The summed E-state index contributed by atoms with van der Waals surface area (Å²) < 4.78 is 22.5. The van der Waals surface area contributed by atoms with E-state index in [1.54, 1.807) is 36.4 Å². The summed E-state index contributed by atoms with van der Waals surface area (Å²) in [5.41, 5.74) is 5.69. The van der Waals surface area contributed by atoms with Gasteiger partial charge in [-0.1, -0.05) is 54.1 Å². The number of aryl methyl sites for hydroxylation is 1. The molecule has 3 aromatic carbocycles. The van der Waals surface area contributed by atoms with E-state index >= 15 is 0 Å². The summed E-state index contributed by atoms with van der Waals surface area (Å²) in [5, 5.41) is 4.42. The normalized spacial score (nSPS) is 10.7. The van der Waals surface area contributed by atoms with Crippen LogP contribution >= 0.6 is 11.6 Å². The van der Waals surface area contributed by atoms with Gasteiger partial charge in [0.25, 0.3) is 5.91 Å². The molecule has 3 rings (SSSR count). The molecule has 0 fully saturated rings. The summed E-state index contributed by atoms with van der Waals surface area (Å²) in [7, 11) is 1.53. The van der Waals surface area contributed by atoms with Gasteiger partial charge in [-0.25, -0.2) is 5.43 Å². The average molecular weight is 509 g/mol. The monoisotopic (exact) mass is 508 g/mol. The predicted octanol–water partition coefficient (Wildman–Crippen LogP) is 5.96. The van der Waals surface area contributed by atoms with Gasteiger partial charge in [0, 0.05) is 5.56 Å². The highest BCUT2D eigenvalue weighted by Gasteiger charge is 2.13. The number of hydrazone groups is 1. The molecule has 188 valence electrons. The van der Waals surface area contributed by atoms with E-state index in [9.17, 15) is 4.79 Å². The van der Waals surface area contributed by atoms with Gasteiger partial charge in [-0.15, -0.1) is 0 Å². The van der Waals surface area contributed by atoms with E-state index in [1.165, 1.54) is 18.9 Å². The molecule has 8 heteroatoms. The van der Waals surface area contributed by atoms with Crippen LogP contribution in [0.1, 0.15) is 34.0 Å². The van der Waals surface area contributed by atoms with E-state index in [0.717, 1.165) is 5.56 Å². The highest BCUT2D eigenvalue weighted by Crippen LogP contribution is 2.36. The number of carbonyl (C=O) groups is 1. The molecule has 1 N–H and O–H groups in total. The van der Waals surface area contributed by atoms with Crippen molar-refractivity contribution in [2.45, 2.75) is 20.5 Å². The Kier molecular flexibility index (Phi) is 9.77. The van der Waals surface area contributed by atoms with Crippen molar-refractivity contribution in [3.63, 3.8) is 0 Å². The number of methoxy groups -OCH3 is 1. The lowest BCUT2D eigenvalue weighted by atomic mass is 10.1. The first-order valence-corrected chi connectivity index (χ1v) is 11.7. The van der Waals surface area contributed by atoms with Gasteiger partial charge >= 0.3 is 0 Å². The van der Waals surface area contributed by atoms with Crippen molar-refractivity contribution in [3.8, 4) is 23.0 Å². The van der Waals surface area contributed by atoms with Crippen LogP contribution in [-0.4, -0.2) is 32.4 Å². The number of nitrogens with zero attached hydrogens (tertiary/aromatic N) is 1. The molecule has 0 saturated heterocycles. The highest BCUT2D eigenvalue weighted by molar-refractivity contribution is 6.32. The quantitative estimate of drug-likeness (QED) is 0.185. The fourth-order valence-electron chi connectivity index (χ4n) is 3.21. The van der Waals surface area contributed by atoms with Crippen LogP contribution in [0.4, 0.5) is 0 Å². The van der Waals surface area contributed by atoms with Crippen LogP contribution in [-0.2, 0) is 6.61 Å². The Morgan fingerprint density at radius 3 is 2.50 bits per heavy atom. The Morgan fingerprint density at radius 2 is 1.81 bits per heavy atom. The van der Waals surface area contributed by atoms with Gasteiger partial charge in [-0.3, -0.25) is 4.79 Å². The number of carbonyl (C=O) groups excluding carboxylic acids is 1. The van der Waals surface area contributed by atoms with Gasteiger partial charge in [0.05, 0.1) is 25.0 Å². The zero-order valence-corrected chi connectivity index (χ0v) is 21.3. The van der Waals surface area contributed by atoms with E-state index in [1.807, 2.05) is 38.1 Å². The molecule has 0 atom stereocenters. The summed E-state index contributed by atoms with van der Waals surface area (Å²) in [4.78, 5) is 12.6. The first kappa shape index (κ1) is 26.6. The largest absolute Gasteiger partial charge is 0.493 e. The minimum absolute atomic E-state index is 0.331. The molecule has 0 spiro atoms. The number of hydrogen-bond acceptors (Lipinski definition) is 6. The van der Waals surface area contributed by atoms with Crippen molar-refractivity contribution in [1.29, 1.82) is 0 Å². The van der Waals surface area contributed by atoms with Gasteiger partial charge in [-0.2, -0.15) is 5.10 Å². The van der Waals surface area contributed by atoms with Crippen molar-refractivity contribution in [2.24, 2.45) is 5.10 Å². The summed E-state index contributed by atoms with van der Waals surface area (Å²) in [6, 6.07) is 16.4. The average Bonchev–Trinajstić information content (AvgIpc) is 2.88. The number of ether oxygens (including phenoxy) is 4. The standard InChI is InChI=1S/C28H29ClN2O5/c1-5-13-35-24-12-11-22(16-25(24)34-6-2)28(32)31-30-17-21-14-23(29)27(26(15-21)33-4)36-18-20-9-7-19(3)8-10-20/h5,7-12,14-17H,1,6,13,18H2,2-4H3,(H,31,32)/b30-17+. The zero-order chi connectivity index (χ0) is 25.9. The fraction of sp³-hybridized carbons (Fsp3) is 0.214. The van der Waals surface area contributed by atoms with Gasteiger partial charge in [0.2, 0.25) is 0 Å². The number of hydrogen-bond donors (Lipinski definition) is 1. The number of halogens is 1. The van der Waals surface area contributed by atoms with Crippen LogP contribution in [0.3, 0.4) is 0 Å². The Hall–Kier alpha value is -3.97. The molecule has 0 aliphatic heterocycles. The molecule has 7 nitrogen and oxygen atoms in total. The maximum absolute atomic E-state index is 12.6. The second kappa shape index (κ2) is 13.2. The van der Waals surface area contributed by atoms with E-state index in [4.69, 9.17) is 30.5 Å². The number of rotatable bonds is 12. The van der Waals surface area contributed by atoms with E-state index in [0.29, 0.717) is 59.0 Å². The van der Waals surface area contributed by atoms with Crippen LogP contribution in [0.15, 0.2) is 72.4 Å². The smallest absolute Gasteiger partial charge is 0.271 e. The SMILES string of the molecule is C=CCOc1ccc(C(=O)N/N=C/c2cc(Cl)c(OCc3ccc(C)cc3)c(OC)c2)cc1OCC. The van der Waals surface area contributed by atoms with Crippen molar-refractivity contribution < 1.29 is 23.7 Å². The molecule has 0 bridgehead atoms. The third kappa shape index (κ3) is 7.26. The van der Waals surface area contributed by atoms with Gasteiger partial charge < -0.3 is 18.9 Å². The molecule has 3 aromatic rings. The van der Waals surface area contributed by atoms with E-state index in [-0.39, 0.29) is 0 Å². The third-order valence-corrected chi connectivity index (χ3v) is 5.28. The third-order valence-electron chi connectivity index (χ3n) is 5.00. The van der Waals surface area contributed by atoms with Crippen LogP contribution in [0.2, 0.25) is 5.02 Å². The summed E-state index contributed by atoms with van der Waals surface area (Å²) in [5.74, 6) is 1.48. The Labute approximate surface area is 216 Å². The lowest BCUT2D eigenvalue weighted by Gasteiger charge is -2.13. The molecule has 36 heavy (non-hydrogen) atoms. The molecule has 1 amide bonds. The number of amides is 1. The van der Waals surface area contributed by atoms with Crippen LogP contribution in [0.5, 0.6) is 23.0 Å². The molecule has 0 aliphatic rings. The molecule has 0 aromatic heterocycles. The molecule has 0 radical (unpaired) electrons. The zero-order valence-electron chi connectivity index (χ0n) is 20.5. The van der Waals surface area contributed by atoms with Crippen molar-refractivity contribution in [1.82, 2.24) is 5.43 Å². The van der Waals surface area contributed by atoms with Crippen LogP contribution < -0.4 is 24.4 Å². The summed E-state index contributed by atoms with van der Waals surface area (Å²) >= 11 is 6.45. The van der Waals surface area contributed by atoms with Gasteiger partial charge in [0.1, 0.15) is 13.2 Å². The fourth-order valence-corrected chi connectivity index (χ4v) is 3.48. The Balaban J connectivity index is 1.68. The minimum atomic E-state index is -0.404. The lowest BCUT2D eigenvalue weighted by Crippen LogP contribution is -2.17. The van der Waals surface area contributed by atoms with Crippen LogP contribution in [0, 0.1) is 6.92 Å². The molecule has 0 aliphatic carbocycles. The first-order valence-electron chi connectivity index (χ1n) is 11.3. The molecular formula is C28H29ClN2O5. The number of nitrogens with one attached hydrogen (secondary N) is 1. The topological polar surface area (TPSA) is 78.4 Å². The van der Waals surface area contributed by atoms with Crippen LogP contribution in [0.25, 0.3) is 0 Å². The molecule has 0 heterocycles. The maximum Gasteiger partial charge on any atom is 0.271 e. The second-order valence-electron chi connectivity index (χ2n) is 7.70. The first-order chi connectivity index (χ1) is 17.4. The van der Waals surface area contributed by atoms with Gasteiger partial charge in [0.15, 0.2) is 23.0 Å². The Bertz CT molecular complexity index is 1230. The Morgan fingerprint density at radius 1 is 1.03 bits per heavy atom. The lowest BCUT2D eigenvalue weighted by molar-refractivity contribution is 0.0954. The van der Waals surface area contributed by atoms with Gasteiger partial charge in [-0.05, 0) is 55.3 Å². The van der Waals surface area contributed by atoms with Crippen molar-refractivity contribution >= 4 is 23.7 Å². The minimum Gasteiger partial charge on any atom is -0.493 e. The number of benzene rings is 3. The van der Waals surface area contributed by atoms with E-state index in [2.05, 4.69) is 17.1 Å². The van der Waals surface area contributed by atoms with Crippen molar-refractivity contribution in [2.75, 3.05) is 20.3 Å². The van der Waals surface area contributed by atoms with E-state index < -0.39 is 5.91 Å². The molecule has 0 saturated carbocycles. The predicted molar refractivity (Wildman–Crippen MR) is 142 cm³/mol. The summed E-state index contributed by atoms with van der Waals surface area (Å²) in [6.07, 6.45) is 3.11.